The average Bonchev–Trinajstić information content (AvgIpc) is 2.87. The van der Waals surface area contributed by atoms with Crippen LogP contribution < -0.4 is 15.2 Å². The number of ether oxygens (including phenoxy) is 2. The second-order valence-electron chi connectivity index (χ2n) is 6.05. The number of nitrogen functional groups attached to an aromatic ring is 1. The Hall–Kier alpha value is -2.21. The molecule has 2 heterocycles. The molecule has 2 N–H and O–H groups in total. The molecular formula is C17H24N4O2. The lowest BCUT2D eigenvalue weighted by Crippen LogP contribution is -2.38. The maximum Gasteiger partial charge on any atom is 0.168 e. The number of piperidine rings is 1. The van der Waals surface area contributed by atoms with E-state index in [0.29, 0.717) is 11.6 Å². The first-order chi connectivity index (χ1) is 11.1. The number of methoxy groups -OCH3 is 1. The first kappa shape index (κ1) is 15.7. The Morgan fingerprint density at radius 2 is 2.09 bits per heavy atom. The third-order valence-corrected chi connectivity index (χ3v) is 4.33. The smallest absolute Gasteiger partial charge is 0.168 e. The summed E-state index contributed by atoms with van der Waals surface area (Å²) in [6.45, 7) is 2.06. The van der Waals surface area contributed by atoms with E-state index in [1.54, 1.807) is 18.0 Å². The van der Waals surface area contributed by atoms with Gasteiger partial charge in [0, 0.05) is 24.7 Å². The van der Waals surface area contributed by atoms with Gasteiger partial charge < -0.3 is 20.1 Å². The van der Waals surface area contributed by atoms with Crippen LogP contribution in [0.2, 0.25) is 0 Å². The largest absolute Gasteiger partial charge is 0.492 e. The van der Waals surface area contributed by atoms with Gasteiger partial charge in [-0.15, -0.1) is 0 Å². The number of rotatable bonds is 4. The second kappa shape index (κ2) is 6.50. The zero-order chi connectivity index (χ0) is 16.4. The van der Waals surface area contributed by atoms with Crippen molar-refractivity contribution in [2.75, 3.05) is 33.0 Å². The van der Waals surface area contributed by atoms with Crippen LogP contribution in [0.5, 0.6) is 11.5 Å². The zero-order valence-corrected chi connectivity index (χ0v) is 14.0. The summed E-state index contributed by atoms with van der Waals surface area (Å²) >= 11 is 0. The van der Waals surface area contributed by atoms with Crippen LogP contribution in [-0.4, -0.2) is 48.0 Å². The average molecular weight is 316 g/mol. The molecule has 0 amide bonds. The van der Waals surface area contributed by atoms with Gasteiger partial charge in [-0.05, 0) is 32.5 Å². The number of nitrogens with zero attached hydrogens (tertiary/aromatic N) is 3. The Kier molecular flexibility index (Phi) is 4.43. The van der Waals surface area contributed by atoms with Crippen molar-refractivity contribution in [2.45, 2.75) is 18.9 Å². The zero-order valence-electron chi connectivity index (χ0n) is 14.0. The molecule has 1 atom stereocenters. The highest BCUT2D eigenvalue weighted by Gasteiger charge is 2.22. The molecule has 124 valence electrons. The van der Waals surface area contributed by atoms with Gasteiger partial charge in [0.1, 0.15) is 11.9 Å². The molecule has 3 rings (SSSR count). The molecule has 0 aliphatic carbocycles. The van der Waals surface area contributed by atoms with Gasteiger partial charge in [0.2, 0.25) is 0 Å². The minimum atomic E-state index is 0.184. The van der Waals surface area contributed by atoms with Crippen molar-refractivity contribution in [2.24, 2.45) is 7.05 Å². The molecule has 0 saturated carbocycles. The van der Waals surface area contributed by atoms with Gasteiger partial charge in [-0.2, -0.15) is 5.10 Å². The summed E-state index contributed by atoms with van der Waals surface area (Å²) in [5.74, 6) is 2.08. The summed E-state index contributed by atoms with van der Waals surface area (Å²) in [4.78, 5) is 2.30. The molecule has 23 heavy (non-hydrogen) atoms. The highest BCUT2D eigenvalue weighted by atomic mass is 16.5. The lowest BCUT2D eigenvalue weighted by atomic mass is 10.1. The van der Waals surface area contributed by atoms with Crippen LogP contribution in [0, 0.1) is 0 Å². The monoisotopic (exact) mass is 316 g/mol. The molecule has 1 saturated heterocycles. The van der Waals surface area contributed by atoms with Gasteiger partial charge >= 0.3 is 0 Å². The van der Waals surface area contributed by atoms with Gasteiger partial charge in [-0.25, -0.2) is 0 Å². The normalized spacial score (nSPS) is 18.8. The van der Waals surface area contributed by atoms with E-state index < -0.39 is 0 Å². The molecule has 2 aromatic rings. The molecule has 0 bridgehead atoms. The molecule has 0 radical (unpaired) electrons. The van der Waals surface area contributed by atoms with E-state index in [0.717, 1.165) is 42.8 Å². The first-order valence-corrected chi connectivity index (χ1v) is 7.90. The summed E-state index contributed by atoms with van der Waals surface area (Å²) in [7, 11) is 5.61. The first-order valence-electron chi connectivity index (χ1n) is 7.90. The van der Waals surface area contributed by atoms with Crippen LogP contribution in [0.4, 0.5) is 5.82 Å². The third kappa shape index (κ3) is 3.12. The number of nitrogens with two attached hydrogens (primary N) is 1. The van der Waals surface area contributed by atoms with Crippen molar-refractivity contribution in [3.63, 3.8) is 0 Å². The summed E-state index contributed by atoms with van der Waals surface area (Å²) < 4.78 is 13.5. The maximum absolute atomic E-state index is 6.22. The second-order valence-corrected chi connectivity index (χ2v) is 6.05. The number of aryl methyl sites for hydroxylation is 1. The number of likely N-dealkylation sites (tertiary alicyclic amines) is 1. The van der Waals surface area contributed by atoms with Crippen LogP contribution in [0.15, 0.2) is 24.4 Å². The number of para-hydroxylation sites is 1. The van der Waals surface area contributed by atoms with Crippen molar-refractivity contribution in [1.82, 2.24) is 14.7 Å². The number of benzene rings is 1. The quantitative estimate of drug-likeness (QED) is 0.936. The maximum atomic E-state index is 6.22. The molecule has 1 fully saturated rings. The van der Waals surface area contributed by atoms with Crippen LogP contribution >= 0.6 is 0 Å². The fourth-order valence-electron chi connectivity index (χ4n) is 3.08. The van der Waals surface area contributed by atoms with Gasteiger partial charge in [0.05, 0.1) is 13.3 Å². The van der Waals surface area contributed by atoms with Crippen molar-refractivity contribution in [3.05, 3.63) is 24.4 Å². The molecule has 1 unspecified atom stereocenters. The fraction of sp³-hybridized carbons (Fsp3) is 0.471. The Balaban J connectivity index is 1.92. The Labute approximate surface area is 136 Å². The van der Waals surface area contributed by atoms with Crippen molar-refractivity contribution in [3.8, 4) is 22.6 Å². The molecule has 1 aliphatic rings. The highest BCUT2D eigenvalue weighted by Crippen LogP contribution is 2.40. The molecule has 6 heteroatoms. The third-order valence-electron chi connectivity index (χ3n) is 4.33. The molecule has 1 aliphatic heterocycles. The number of likely N-dealkylation sites (N-methyl/N-ethyl adjacent to an activating group) is 1. The van der Waals surface area contributed by atoms with Crippen LogP contribution in [-0.2, 0) is 7.05 Å². The van der Waals surface area contributed by atoms with Gasteiger partial charge in [0.25, 0.3) is 0 Å². The van der Waals surface area contributed by atoms with E-state index in [2.05, 4.69) is 17.0 Å². The topological polar surface area (TPSA) is 65.5 Å². The van der Waals surface area contributed by atoms with Crippen molar-refractivity contribution < 1.29 is 9.47 Å². The number of hydrogen-bond acceptors (Lipinski definition) is 5. The fourth-order valence-corrected chi connectivity index (χ4v) is 3.08. The molecule has 0 spiro atoms. The molecule has 1 aromatic carbocycles. The molecule has 6 nitrogen and oxygen atoms in total. The number of anilines is 1. The van der Waals surface area contributed by atoms with E-state index in [9.17, 15) is 0 Å². The van der Waals surface area contributed by atoms with E-state index in [-0.39, 0.29) is 6.10 Å². The van der Waals surface area contributed by atoms with E-state index in [4.69, 9.17) is 15.2 Å². The highest BCUT2D eigenvalue weighted by molar-refractivity contribution is 5.80. The molecule has 1 aromatic heterocycles. The predicted octanol–water partition coefficient (Wildman–Crippen LogP) is 2.15. The standard InChI is InChI=1S/C17H24N4O2/c1-20-9-5-6-12(11-20)23-15-8-4-7-13(16(15)22-3)14-10-19-21(2)17(14)18/h4,7-8,10,12H,5-6,9,11,18H2,1-3H3. The van der Waals surface area contributed by atoms with Crippen LogP contribution in [0.1, 0.15) is 12.8 Å². The number of hydrogen-bond donors (Lipinski definition) is 1. The predicted molar refractivity (Wildman–Crippen MR) is 90.8 cm³/mol. The van der Waals surface area contributed by atoms with Crippen molar-refractivity contribution >= 4 is 5.82 Å². The molecular weight excluding hydrogens is 292 g/mol. The summed E-state index contributed by atoms with van der Waals surface area (Å²) in [5.41, 5.74) is 7.87. The van der Waals surface area contributed by atoms with E-state index in [1.807, 2.05) is 25.2 Å². The SMILES string of the molecule is COc1c(OC2CCCN(C)C2)cccc1-c1cnn(C)c1N. The van der Waals surface area contributed by atoms with Crippen LogP contribution in [0.25, 0.3) is 11.1 Å². The minimum Gasteiger partial charge on any atom is -0.492 e. The van der Waals surface area contributed by atoms with Gasteiger partial charge in [0.15, 0.2) is 11.5 Å². The van der Waals surface area contributed by atoms with Gasteiger partial charge in [-0.1, -0.05) is 12.1 Å². The Morgan fingerprint density at radius 1 is 1.26 bits per heavy atom. The summed E-state index contributed by atoms with van der Waals surface area (Å²) in [6.07, 6.45) is 4.15. The minimum absolute atomic E-state index is 0.184. The lowest BCUT2D eigenvalue weighted by Gasteiger charge is -2.30. The Morgan fingerprint density at radius 3 is 2.74 bits per heavy atom. The summed E-state index contributed by atoms with van der Waals surface area (Å²) in [6, 6.07) is 5.89. The van der Waals surface area contributed by atoms with E-state index in [1.165, 1.54) is 0 Å². The van der Waals surface area contributed by atoms with E-state index >= 15 is 0 Å². The Bertz CT molecular complexity index is 683. The summed E-state index contributed by atoms with van der Waals surface area (Å²) in [5, 5.41) is 4.21. The van der Waals surface area contributed by atoms with Crippen LogP contribution in [0.3, 0.4) is 0 Å². The van der Waals surface area contributed by atoms with Crippen molar-refractivity contribution in [1.29, 1.82) is 0 Å². The number of aromatic nitrogens is 2. The lowest BCUT2D eigenvalue weighted by molar-refractivity contribution is 0.101. The van der Waals surface area contributed by atoms with Gasteiger partial charge in [-0.3, -0.25) is 4.68 Å².